The van der Waals surface area contributed by atoms with E-state index >= 15 is 0 Å². The van der Waals surface area contributed by atoms with Gasteiger partial charge in [0.05, 0.1) is 21.1 Å². The molecule has 0 rings (SSSR count). The Labute approximate surface area is 182 Å². The van der Waals surface area contributed by atoms with E-state index in [4.69, 9.17) is 0 Å². The maximum atomic E-state index is 11.9. The molecular formula is C25H52N2O2. The van der Waals surface area contributed by atoms with E-state index in [1.807, 2.05) is 40.1 Å². The van der Waals surface area contributed by atoms with Gasteiger partial charge in [-0.2, -0.15) is 0 Å². The maximum Gasteiger partial charge on any atom is 0.195 e. The molecule has 1 unspecified atom stereocenters. The van der Waals surface area contributed by atoms with Crippen molar-refractivity contribution in [2.24, 2.45) is 0 Å². The molecule has 0 aliphatic carbocycles. The first-order chi connectivity index (χ1) is 13.7. The zero-order valence-electron chi connectivity index (χ0n) is 20.7. The summed E-state index contributed by atoms with van der Waals surface area (Å²) in [5.41, 5.74) is -0.948. The predicted molar refractivity (Wildman–Crippen MR) is 124 cm³/mol. The van der Waals surface area contributed by atoms with Crippen molar-refractivity contribution in [3.05, 3.63) is 0 Å². The standard InChI is InChI=1S/C25H52N2O2/c1-7-8-9-10-11-12-13-14-15-16-17-18-19-20-21-22-23-25(24(28)29,26(2)3)27(4,5)6/h7-23H2,1-6H3. The second-order valence-corrected chi connectivity index (χ2v) is 10.1. The lowest BCUT2D eigenvalue weighted by Gasteiger charge is -2.50. The molecule has 174 valence electrons. The van der Waals surface area contributed by atoms with E-state index in [2.05, 4.69) is 6.92 Å². The number of likely N-dealkylation sites (N-methyl/N-ethyl adjacent to an activating group) is 2. The molecule has 0 fully saturated rings. The van der Waals surface area contributed by atoms with Crippen LogP contribution in [0.15, 0.2) is 0 Å². The van der Waals surface area contributed by atoms with Crippen LogP contribution < -0.4 is 5.11 Å². The lowest BCUT2D eigenvalue weighted by atomic mass is 9.96. The first-order valence-corrected chi connectivity index (χ1v) is 12.4. The summed E-state index contributed by atoms with van der Waals surface area (Å²) in [4.78, 5) is 13.8. The van der Waals surface area contributed by atoms with E-state index in [1.54, 1.807) is 0 Å². The van der Waals surface area contributed by atoms with Gasteiger partial charge in [0, 0.05) is 6.42 Å². The van der Waals surface area contributed by atoms with Gasteiger partial charge in [0.25, 0.3) is 0 Å². The number of unbranched alkanes of at least 4 members (excludes halogenated alkanes) is 15. The first-order valence-electron chi connectivity index (χ1n) is 12.4. The van der Waals surface area contributed by atoms with E-state index in [1.165, 1.54) is 89.9 Å². The van der Waals surface area contributed by atoms with Gasteiger partial charge in [-0.1, -0.05) is 103 Å². The minimum atomic E-state index is -0.962. The zero-order valence-corrected chi connectivity index (χ0v) is 20.7. The molecule has 0 N–H and O–H groups in total. The Bertz CT molecular complexity index is 404. The molecule has 4 nitrogen and oxygen atoms in total. The normalized spacial score (nSPS) is 14.3. The summed E-state index contributed by atoms with van der Waals surface area (Å²) in [6, 6.07) is 0. The number of carbonyl (C=O) groups is 1. The summed E-state index contributed by atoms with van der Waals surface area (Å²) in [7, 11) is 9.55. The van der Waals surface area contributed by atoms with Crippen LogP contribution in [0.3, 0.4) is 0 Å². The Hall–Kier alpha value is -0.610. The third-order valence-corrected chi connectivity index (χ3v) is 6.56. The van der Waals surface area contributed by atoms with Crippen LogP contribution in [0, 0.1) is 0 Å². The largest absolute Gasteiger partial charge is 0.543 e. The van der Waals surface area contributed by atoms with Gasteiger partial charge in [-0.05, 0) is 20.5 Å². The predicted octanol–water partition coefficient (Wildman–Crippen LogP) is 5.35. The van der Waals surface area contributed by atoms with Gasteiger partial charge in [0.15, 0.2) is 5.66 Å². The number of carboxylic acids is 1. The van der Waals surface area contributed by atoms with Crippen LogP contribution in [0.5, 0.6) is 0 Å². The van der Waals surface area contributed by atoms with Crippen LogP contribution in [0.25, 0.3) is 0 Å². The molecule has 0 radical (unpaired) electrons. The molecule has 1 atom stereocenters. The molecule has 0 spiro atoms. The number of aliphatic carboxylic acids is 1. The molecule has 0 heterocycles. The summed E-state index contributed by atoms with van der Waals surface area (Å²) >= 11 is 0. The zero-order chi connectivity index (χ0) is 22.2. The van der Waals surface area contributed by atoms with Crippen molar-refractivity contribution in [1.29, 1.82) is 0 Å². The molecule has 0 saturated carbocycles. The Morgan fingerprint density at radius 3 is 1.24 bits per heavy atom. The van der Waals surface area contributed by atoms with Gasteiger partial charge in [-0.3, -0.25) is 4.90 Å². The molecule has 0 aliphatic heterocycles. The van der Waals surface area contributed by atoms with Crippen molar-refractivity contribution < 1.29 is 14.4 Å². The van der Waals surface area contributed by atoms with Gasteiger partial charge < -0.3 is 14.4 Å². The first kappa shape index (κ1) is 28.4. The Kier molecular flexibility index (Phi) is 15.8. The van der Waals surface area contributed by atoms with Crippen LogP contribution in [-0.4, -0.2) is 56.3 Å². The second-order valence-electron chi connectivity index (χ2n) is 10.1. The van der Waals surface area contributed by atoms with Crippen LogP contribution in [0.1, 0.15) is 116 Å². The number of carbonyl (C=O) groups excluding carboxylic acids is 1. The van der Waals surface area contributed by atoms with Gasteiger partial charge in [-0.25, -0.2) is 0 Å². The quantitative estimate of drug-likeness (QED) is 0.154. The highest BCUT2D eigenvalue weighted by molar-refractivity contribution is 5.74. The second kappa shape index (κ2) is 16.1. The molecule has 0 saturated heterocycles. The van der Waals surface area contributed by atoms with Gasteiger partial charge in [0.2, 0.25) is 0 Å². The van der Waals surface area contributed by atoms with Crippen molar-refractivity contribution in [1.82, 2.24) is 4.90 Å². The molecular weight excluding hydrogens is 360 g/mol. The van der Waals surface area contributed by atoms with Gasteiger partial charge in [0.1, 0.15) is 5.97 Å². The summed E-state index contributed by atoms with van der Waals surface area (Å²) in [5.74, 6) is -0.962. The molecule has 0 aliphatic rings. The smallest absolute Gasteiger partial charge is 0.195 e. The number of hydrogen-bond acceptors (Lipinski definition) is 3. The molecule has 0 aromatic carbocycles. The summed E-state index contributed by atoms with van der Waals surface area (Å²) in [6.45, 7) is 2.28. The van der Waals surface area contributed by atoms with Crippen LogP contribution in [-0.2, 0) is 4.79 Å². The molecule has 0 amide bonds. The fourth-order valence-electron chi connectivity index (χ4n) is 4.64. The van der Waals surface area contributed by atoms with Gasteiger partial charge in [-0.15, -0.1) is 0 Å². The van der Waals surface area contributed by atoms with Crippen LogP contribution >= 0.6 is 0 Å². The number of quaternary nitrogens is 1. The molecule has 0 bridgehead atoms. The minimum absolute atomic E-state index is 0.362. The van der Waals surface area contributed by atoms with Gasteiger partial charge >= 0.3 is 0 Å². The minimum Gasteiger partial charge on any atom is -0.543 e. The third-order valence-electron chi connectivity index (χ3n) is 6.56. The van der Waals surface area contributed by atoms with E-state index in [-0.39, 0.29) is 0 Å². The topological polar surface area (TPSA) is 43.4 Å². The molecule has 0 aromatic heterocycles. The molecule has 29 heavy (non-hydrogen) atoms. The third kappa shape index (κ3) is 11.4. The molecule has 4 heteroatoms. The fraction of sp³-hybridized carbons (Fsp3) is 0.960. The van der Waals surface area contributed by atoms with Crippen molar-refractivity contribution in [3.63, 3.8) is 0 Å². The van der Waals surface area contributed by atoms with E-state index in [0.29, 0.717) is 10.9 Å². The van der Waals surface area contributed by atoms with E-state index in [9.17, 15) is 9.90 Å². The van der Waals surface area contributed by atoms with Crippen molar-refractivity contribution >= 4 is 5.97 Å². The molecule has 0 aromatic rings. The maximum absolute atomic E-state index is 11.9. The highest BCUT2D eigenvalue weighted by Crippen LogP contribution is 2.28. The van der Waals surface area contributed by atoms with Crippen molar-refractivity contribution in [2.75, 3.05) is 35.2 Å². The average Bonchev–Trinajstić information content (AvgIpc) is 2.62. The Morgan fingerprint density at radius 2 is 1.00 bits per heavy atom. The SMILES string of the molecule is CCCCCCCCCCCCCCCCCCC(C(=O)[O-])(N(C)C)[N+](C)(C)C. The summed E-state index contributed by atoms with van der Waals surface area (Å²) in [5, 5.41) is 11.9. The van der Waals surface area contributed by atoms with Crippen molar-refractivity contribution in [2.45, 2.75) is 122 Å². The number of rotatable bonds is 20. The Morgan fingerprint density at radius 1 is 0.690 bits per heavy atom. The van der Waals surface area contributed by atoms with Crippen LogP contribution in [0.2, 0.25) is 0 Å². The summed E-state index contributed by atoms with van der Waals surface area (Å²) < 4.78 is 0.362. The lowest BCUT2D eigenvalue weighted by molar-refractivity contribution is -0.929. The average molecular weight is 413 g/mol. The van der Waals surface area contributed by atoms with Crippen molar-refractivity contribution in [3.8, 4) is 0 Å². The van der Waals surface area contributed by atoms with E-state index in [0.717, 1.165) is 12.8 Å². The fourth-order valence-corrected chi connectivity index (χ4v) is 4.64. The number of carboxylic acid groups (broad SMARTS) is 1. The number of hydrogen-bond donors (Lipinski definition) is 0. The Balaban J connectivity index is 3.69. The van der Waals surface area contributed by atoms with E-state index < -0.39 is 11.6 Å². The highest BCUT2D eigenvalue weighted by Gasteiger charge is 2.46. The number of nitrogens with zero attached hydrogens (tertiary/aromatic N) is 2. The lowest BCUT2D eigenvalue weighted by Crippen LogP contribution is -2.72. The van der Waals surface area contributed by atoms with Crippen LogP contribution in [0.4, 0.5) is 0 Å². The monoisotopic (exact) mass is 412 g/mol. The summed E-state index contributed by atoms with van der Waals surface area (Å²) in [6.07, 6.45) is 21.9. The highest BCUT2D eigenvalue weighted by atomic mass is 16.4.